The van der Waals surface area contributed by atoms with Gasteiger partial charge in [-0.05, 0) is 210 Å². The van der Waals surface area contributed by atoms with Crippen LogP contribution in [0.1, 0.15) is 0 Å². The lowest BCUT2D eigenvalue weighted by atomic mass is 9.34. The van der Waals surface area contributed by atoms with Crippen molar-refractivity contribution in [2.24, 2.45) is 0 Å². The van der Waals surface area contributed by atoms with Gasteiger partial charge in [-0.3, -0.25) is 0 Å². The molecule has 6 aliphatic rings. The molecule has 0 fully saturated rings. The van der Waals surface area contributed by atoms with Crippen LogP contribution in [0.4, 0.5) is 17.1 Å². The van der Waals surface area contributed by atoms with Crippen molar-refractivity contribution in [1.82, 2.24) is 32.0 Å². The molecule has 0 saturated heterocycles. The molecule has 8 nitrogen and oxygen atoms in total. The monoisotopic (exact) mass is 1730 g/mol. The first-order valence-corrected chi connectivity index (χ1v) is 48.0. The Bertz CT molecular complexity index is 10500. The minimum atomic E-state index is -0.137. The summed E-state index contributed by atoms with van der Waals surface area (Å²) in [6, 6.07) is 165. The molecule has 13 heterocycles. The van der Waals surface area contributed by atoms with Crippen molar-refractivity contribution in [2.45, 2.75) is 0 Å². The summed E-state index contributed by atoms with van der Waals surface area (Å²) in [4.78, 5) is 2.44. The highest BCUT2D eigenvalue weighted by atomic mass is 15.2. The second-order valence-corrected chi connectivity index (χ2v) is 38.7. The van der Waals surface area contributed by atoms with Gasteiger partial charge in [-0.25, -0.2) is 0 Å². The van der Waals surface area contributed by atoms with Gasteiger partial charge in [-0.15, -0.1) is 0 Å². The summed E-state index contributed by atoms with van der Waals surface area (Å²) in [7, 11) is 0. The zero-order valence-corrected chi connectivity index (χ0v) is 73.8. The molecular formula is C126H71B3N8. The van der Waals surface area contributed by atoms with Crippen LogP contribution in [0.25, 0.3) is 237 Å². The molecule has 0 saturated carbocycles. The van der Waals surface area contributed by atoms with Crippen molar-refractivity contribution in [3.8, 4) is 84.3 Å². The first-order valence-electron chi connectivity index (χ1n) is 48.0. The maximum absolute atomic E-state index is 2.66. The molecule has 0 N–H and O–H groups in total. The third kappa shape index (κ3) is 8.96. The molecule has 0 amide bonds. The van der Waals surface area contributed by atoms with Crippen LogP contribution in [-0.2, 0) is 0 Å². The van der Waals surface area contributed by atoms with Crippen molar-refractivity contribution in [3.63, 3.8) is 0 Å². The lowest BCUT2D eigenvalue weighted by Crippen LogP contribution is -2.59. The van der Waals surface area contributed by atoms with E-state index in [2.05, 4.69) is 468 Å². The summed E-state index contributed by atoms with van der Waals surface area (Å²) < 4.78 is 18.4. The van der Waals surface area contributed by atoms with E-state index in [9.17, 15) is 0 Å². The van der Waals surface area contributed by atoms with E-state index in [0.717, 1.165) is 33.8 Å². The van der Waals surface area contributed by atoms with Gasteiger partial charge in [0.25, 0.3) is 20.1 Å². The zero-order chi connectivity index (χ0) is 88.3. The summed E-state index contributed by atoms with van der Waals surface area (Å²) in [6.45, 7) is -0.280. The number of hydrogen-bond donors (Lipinski definition) is 0. The summed E-state index contributed by atoms with van der Waals surface area (Å²) in [6.07, 6.45) is 0. The number of para-hydroxylation sites is 13. The predicted molar refractivity (Wildman–Crippen MR) is 577 cm³/mol. The third-order valence-corrected chi connectivity index (χ3v) is 32.3. The molecule has 0 aliphatic carbocycles. The molecule has 7 aromatic heterocycles. The number of hydrogen-bond acceptors (Lipinski definition) is 1. The number of rotatable bonds is 8. The number of aromatic nitrogens is 7. The number of fused-ring (bicyclic) bond motifs is 33. The van der Waals surface area contributed by atoms with Gasteiger partial charge >= 0.3 is 0 Å². The second-order valence-electron chi connectivity index (χ2n) is 38.7. The van der Waals surface area contributed by atoms with Crippen molar-refractivity contribution >= 4 is 239 Å². The Morgan fingerprint density at radius 1 is 0.161 bits per heavy atom. The van der Waals surface area contributed by atoms with Crippen molar-refractivity contribution in [3.05, 3.63) is 431 Å². The van der Waals surface area contributed by atoms with Gasteiger partial charge in [-0.1, -0.05) is 303 Å². The minimum absolute atomic E-state index is 0.0512. The fourth-order valence-corrected chi connectivity index (χ4v) is 27.2. The fraction of sp³-hybridized carbons (Fsp3) is 0. The van der Waals surface area contributed by atoms with Crippen LogP contribution in [0.2, 0.25) is 0 Å². The van der Waals surface area contributed by atoms with Gasteiger partial charge in [0.2, 0.25) is 0 Å². The molecule has 624 valence electrons. The molecule has 137 heavy (non-hydrogen) atoms. The zero-order valence-electron chi connectivity index (χ0n) is 73.8. The van der Waals surface area contributed by atoms with Gasteiger partial charge in [0.05, 0.1) is 66.9 Å². The predicted octanol–water partition coefficient (Wildman–Crippen LogP) is 24.9. The Balaban J connectivity index is 0.581. The van der Waals surface area contributed by atoms with Crippen molar-refractivity contribution in [2.75, 3.05) is 4.90 Å². The van der Waals surface area contributed by atoms with Crippen molar-refractivity contribution < 1.29 is 0 Å². The Morgan fingerprint density at radius 2 is 0.460 bits per heavy atom. The van der Waals surface area contributed by atoms with E-state index < -0.39 is 0 Å². The first kappa shape index (κ1) is 71.9. The standard InChI is InChI=1S/C126H71B3N8/c1-4-29-72(30-5-1)93-71-94(126-118-125(93)136-109-57-22-12-39-84(109)91-46-27-50-100(121(91)136)127(118)101-51-28-47-92-85-40-13-23-58-110(85)137(126)122(92)101)75-32-24-31-73(61-75)76-63-96-87-42-15-21-56-108(87)135-115-70-81(69-114-117(115)128(102(65-76)123(96)135)99-49-26-45-90-83-38-11-19-54-106(83)133(114)120(90)99)131-104-52-17-14-41-86(104)95-62-74(59-60-111(95)131)77-64-97-88-43-16-20-55-107(88)134-113-68-80(130(78-33-6-2-7-34-78)79-35-8-3-9-36-79)67-112-116(113)129(103(66-77)124(97)134)98-48-25-44-89-82-37-10-18-53-105(82)132(112)119(89)98/h1-71H. The molecule has 0 unspecified atom stereocenters. The molecular weight excluding hydrogens is 1660 g/mol. The molecule has 0 radical (unpaired) electrons. The largest absolute Gasteiger partial charge is 0.310 e. The van der Waals surface area contributed by atoms with E-state index in [0.29, 0.717) is 0 Å². The molecule has 0 bridgehead atoms. The Morgan fingerprint density at radius 3 is 0.898 bits per heavy atom. The molecule has 0 atom stereocenters. The number of anilines is 3. The van der Waals surface area contributed by atoms with Crippen LogP contribution < -0.4 is 54.1 Å². The van der Waals surface area contributed by atoms with Crippen LogP contribution in [0.5, 0.6) is 0 Å². The normalized spacial score (nSPS) is 13.2. The van der Waals surface area contributed by atoms with Gasteiger partial charge in [-0.2, -0.15) is 0 Å². The van der Waals surface area contributed by atoms with Crippen molar-refractivity contribution in [1.29, 1.82) is 0 Å². The molecule has 11 heteroatoms. The van der Waals surface area contributed by atoms with E-state index in [1.54, 1.807) is 0 Å². The van der Waals surface area contributed by atoms with Gasteiger partial charge in [0.1, 0.15) is 0 Å². The summed E-state index contributed by atoms with van der Waals surface area (Å²) in [5.74, 6) is 0. The number of benzene rings is 21. The SMILES string of the molecule is c1ccc(-c2cc(-c3cccc(-c4cc5c6c(c4)c4ccccc4n6-c4cc(-n6c7ccccc7c7cc(-c8cc9c%10c(c8)c8ccccc8n%10-c8cc(N(c%10ccccc%10)c%10ccccc%10)cc%10c8B9c8cccc9c%11ccccc%11n-%10c89)ccc76)cc6c4B5c4cccc5c7ccccc7n-6c45)c3)c3c4c2-n2c5ccccc5c5cccc(c52)B4c2cccc4c5ccccc5n-3c24)cc1. The van der Waals surface area contributed by atoms with Gasteiger partial charge in [0.15, 0.2) is 0 Å². The Labute approximate surface area is 785 Å². The summed E-state index contributed by atoms with van der Waals surface area (Å²) in [5, 5.41) is 17.5. The first-order chi connectivity index (χ1) is 68.0. The number of nitrogens with zero attached hydrogens (tertiary/aromatic N) is 8. The van der Waals surface area contributed by atoms with Crippen LogP contribution in [-0.4, -0.2) is 52.1 Å². The quantitative estimate of drug-likeness (QED) is 0.140. The molecule has 34 rings (SSSR count). The van der Waals surface area contributed by atoms with E-state index in [-0.39, 0.29) is 20.1 Å². The lowest BCUT2D eigenvalue weighted by Gasteiger charge is -2.36. The van der Waals surface area contributed by atoms with Gasteiger partial charge < -0.3 is 36.9 Å². The molecule has 6 aliphatic heterocycles. The highest BCUT2D eigenvalue weighted by Gasteiger charge is 2.47. The van der Waals surface area contributed by atoms with E-state index >= 15 is 0 Å². The maximum Gasteiger partial charge on any atom is 0.252 e. The molecule has 28 aromatic rings. The highest BCUT2D eigenvalue weighted by molar-refractivity contribution is 7.02. The molecule has 0 spiro atoms. The van der Waals surface area contributed by atoms with Crippen LogP contribution in [0.15, 0.2) is 431 Å². The summed E-state index contributed by atoms with van der Waals surface area (Å²) in [5.41, 5.74) is 50.3. The van der Waals surface area contributed by atoms with Crippen LogP contribution in [0.3, 0.4) is 0 Å². The van der Waals surface area contributed by atoms with Crippen LogP contribution in [0, 0.1) is 0 Å². The topological polar surface area (TPSA) is 37.8 Å². The van der Waals surface area contributed by atoms with E-state index in [1.165, 1.54) is 269 Å². The third-order valence-electron chi connectivity index (χ3n) is 32.3. The average Bonchev–Trinajstić information content (AvgIpc) is 1.58. The Kier molecular flexibility index (Phi) is 13.5. The highest BCUT2D eigenvalue weighted by Crippen LogP contribution is 2.52. The van der Waals surface area contributed by atoms with E-state index in [1.807, 2.05) is 0 Å². The lowest BCUT2D eigenvalue weighted by molar-refractivity contribution is 1.10. The van der Waals surface area contributed by atoms with E-state index in [4.69, 9.17) is 0 Å². The fourth-order valence-electron chi connectivity index (χ4n) is 27.2. The van der Waals surface area contributed by atoms with Gasteiger partial charge in [0, 0.05) is 154 Å². The Hall–Kier alpha value is -17.8. The summed E-state index contributed by atoms with van der Waals surface area (Å²) >= 11 is 0. The minimum Gasteiger partial charge on any atom is -0.310 e. The second kappa shape index (κ2) is 25.7. The molecule has 21 aromatic carbocycles. The smallest absolute Gasteiger partial charge is 0.252 e. The maximum atomic E-state index is 2.66. The average molecular weight is 1730 g/mol. The van der Waals surface area contributed by atoms with Crippen LogP contribution >= 0.6 is 0 Å².